The second-order valence-corrected chi connectivity index (χ2v) is 7.66. The summed E-state index contributed by atoms with van der Waals surface area (Å²) in [6, 6.07) is 18.8. The molecule has 0 bridgehead atoms. The molecule has 0 spiro atoms. The summed E-state index contributed by atoms with van der Waals surface area (Å²) in [4.78, 5) is 31.2. The van der Waals surface area contributed by atoms with E-state index in [1.165, 1.54) is 11.3 Å². The van der Waals surface area contributed by atoms with E-state index in [9.17, 15) is 9.59 Å². The lowest BCUT2D eigenvalue weighted by Gasteiger charge is -2.21. The minimum Gasteiger partial charge on any atom is -0.493 e. The van der Waals surface area contributed by atoms with Crippen molar-refractivity contribution < 1.29 is 14.3 Å². The second-order valence-electron chi connectivity index (χ2n) is 6.80. The van der Waals surface area contributed by atoms with Crippen molar-refractivity contribution >= 4 is 34.0 Å². The monoisotopic (exact) mass is 448 g/mol. The molecule has 0 aliphatic carbocycles. The fourth-order valence-corrected chi connectivity index (χ4v) is 3.85. The predicted octanol–water partition coefficient (Wildman–Crippen LogP) is 4.87. The van der Waals surface area contributed by atoms with E-state index in [2.05, 4.69) is 16.4 Å². The van der Waals surface area contributed by atoms with Gasteiger partial charge < -0.3 is 15.0 Å². The number of amides is 2. The smallest absolute Gasteiger partial charge is 0.227 e. The molecule has 8 heteroatoms. The Kier molecular flexibility index (Phi) is 8.35. The van der Waals surface area contributed by atoms with Crippen LogP contribution in [0.25, 0.3) is 11.3 Å². The van der Waals surface area contributed by atoms with E-state index in [0.29, 0.717) is 17.4 Å². The van der Waals surface area contributed by atoms with Gasteiger partial charge in [-0.05, 0) is 31.2 Å². The van der Waals surface area contributed by atoms with Gasteiger partial charge in [-0.2, -0.15) is 5.26 Å². The van der Waals surface area contributed by atoms with Gasteiger partial charge in [0.1, 0.15) is 5.75 Å². The number of nitrogens with one attached hydrogen (secondary N) is 1. The van der Waals surface area contributed by atoms with Gasteiger partial charge in [-0.25, -0.2) is 4.98 Å². The highest BCUT2D eigenvalue weighted by atomic mass is 32.1. The van der Waals surface area contributed by atoms with E-state index >= 15 is 0 Å². The van der Waals surface area contributed by atoms with Crippen molar-refractivity contribution in [3.05, 3.63) is 60.0 Å². The maximum atomic E-state index is 12.7. The van der Waals surface area contributed by atoms with Crippen LogP contribution in [0.1, 0.15) is 26.2 Å². The minimum atomic E-state index is -0.286. The normalized spacial score (nSPS) is 10.2. The van der Waals surface area contributed by atoms with Crippen LogP contribution in [0.2, 0.25) is 0 Å². The average molecular weight is 449 g/mol. The topological polar surface area (TPSA) is 95.3 Å². The summed E-state index contributed by atoms with van der Waals surface area (Å²) < 4.78 is 5.65. The zero-order valence-electron chi connectivity index (χ0n) is 17.8. The molecule has 1 heterocycles. The van der Waals surface area contributed by atoms with Gasteiger partial charge in [0.2, 0.25) is 11.8 Å². The van der Waals surface area contributed by atoms with Crippen LogP contribution >= 0.6 is 11.3 Å². The minimum absolute atomic E-state index is 0.0270. The molecule has 3 aromatic rings. The number of thiazole rings is 1. The molecule has 1 aromatic heterocycles. The Labute approximate surface area is 191 Å². The van der Waals surface area contributed by atoms with Gasteiger partial charge in [0.05, 0.1) is 24.8 Å². The third-order valence-electron chi connectivity index (χ3n) is 4.60. The predicted molar refractivity (Wildman–Crippen MR) is 126 cm³/mol. The maximum absolute atomic E-state index is 12.7. The molecule has 0 saturated heterocycles. The highest BCUT2D eigenvalue weighted by molar-refractivity contribution is 7.14. The molecule has 164 valence electrons. The quantitative estimate of drug-likeness (QED) is 0.477. The van der Waals surface area contributed by atoms with Crippen LogP contribution in [0, 0.1) is 11.3 Å². The summed E-state index contributed by atoms with van der Waals surface area (Å²) in [5.41, 5.74) is 2.29. The molecule has 32 heavy (non-hydrogen) atoms. The van der Waals surface area contributed by atoms with E-state index in [0.717, 1.165) is 17.0 Å². The largest absolute Gasteiger partial charge is 0.493 e. The van der Waals surface area contributed by atoms with Crippen molar-refractivity contribution in [3.8, 4) is 23.1 Å². The molecule has 0 saturated carbocycles. The summed E-state index contributed by atoms with van der Waals surface area (Å²) >= 11 is 1.32. The molecule has 2 aromatic carbocycles. The van der Waals surface area contributed by atoms with Crippen LogP contribution in [-0.4, -0.2) is 29.9 Å². The number of hydrogen-bond acceptors (Lipinski definition) is 6. The number of carbonyl (C=O) groups excluding carboxylic acids is 2. The fourth-order valence-electron chi connectivity index (χ4n) is 3.12. The molecule has 1 N–H and O–H groups in total. The number of anilines is 2. The SMILES string of the molecule is CCOc1ccccc1-c1csc(NC(=O)CCC(=O)N(CCC#N)c2ccccc2)n1. The lowest BCUT2D eigenvalue weighted by atomic mass is 10.1. The first kappa shape index (κ1) is 23.0. The van der Waals surface area contributed by atoms with Crippen LogP contribution in [0.15, 0.2) is 60.0 Å². The number of benzene rings is 2. The Morgan fingerprint density at radius 1 is 1.12 bits per heavy atom. The van der Waals surface area contributed by atoms with Crippen LogP contribution in [0.3, 0.4) is 0 Å². The zero-order chi connectivity index (χ0) is 22.8. The first-order valence-electron chi connectivity index (χ1n) is 10.3. The molecule has 3 rings (SSSR count). The number of rotatable bonds is 10. The van der Waals surface area contributed by atoms with Gasteiger partial charge >= 0.3 is 0 Å². The third kappa shape index (κ3) is 6.15. The fraction of sp³-hybridized carbons (Fsp3) is 0.250. The second kappa shape index (κ2) is 11.6. The summed E-state index contributed by atoms with van der Waals surface area (Å²) in [5.74, 6) is 0.250. The van der Waals surface area contributed by atoms with E-state index < -0.39 is 0 Å². The Bertz CT molecular complexity index is 1090. The molecule has 0 radical (unpaired) electrons. The molecule has 0 aliphatic heterocycles. The summed E-state index contributed by atoms with van der Waals surface area (Å²) in [6.45, 7) is 2.76. The number of carbonyl (C=O) groups is 2. The standard InChI is InChI=1S/C24H24N4O3S/c1-2-31-21-12-7-6-11-19(21)20-17-32-24(26-20)27-22(29)13-14-23(30)28(16-8-15-25)18-9-4-3-5-10-18/h3-7,9-12,17H,2,8,13-14,16H2,1H3,(H,26,27,29). The molecular formula is C24H24N4O3S. The van der Waals surface area contributed by atoms with E-state index in [4.69, 9.17) is 10.00 Å². The number of hydrogen-bond donors (Lipinski definition) is 1. The Hall–Kier alpha value is -3.70. The molecule has 0 atom stereocenters. The van der Waals surface area contributed by atoms with Gasteiger partial charge in [-0.15, -0.1) is 11.3 Å². The Morgan fingerprint density at radius 3 is 2.62 bits per heavy atom. The lowest BCUT2D eigenvalue weighted by molar-refractivity contribution is -0.122. The van der Waals surface area contributed by atoms with E-state index in [1.54, 1.807) is 4.90 Å². The molecule has 2 amide bonds. The van der Waals surface area contributed by atoms with Crippen LogP contribution < -0.4 is 15.0 Å². The summed E-state index contributed by atoms with van der Waals surface area (Å²) in [5, 5.41) is 14.0. The molecular weight excluding hydrogens is 424 g/mol. The van der Waals surface area contributed by atoms with Gasteiger partial charge in [0, 0.05) is 36.0 Å². The van der Waals surface area contributed by atoms with Crippen molar-refractivity contribution in [3.63, 3.8) is 0 Å². The number of ether oxygens (including phenoxy) is 1. The van der Waals surface area contributed by atoms with Crippen molar-refractivity contribution in [2.45, 2.75) is 26.2 Å². The molecule has 0 unspecified atom stereocenters. The molecule has 0 aliphatic rings. The number of aromatic nitrogens is 1. The maximum Gasteiger partial charge on any atom is 0.227 e. The van der Waals surface area contributed by atoms with Gasteiger partial charge in [-0.3, -0.25) is 9.59 Å². The summed E-state index contributed by atoms with van der Waals surface area (Å²) in [7, 11) is 0. The molecule has 0 fully saturated rings. The van der Waals surface area contributed by atoms with Gasteiger partial charge in [-0.1, -0.05) is 30.3 Å². The average Bonchev–Trinajstić information content (AvgIpc) is 3.27. The first-order chi connectivity index (χ1) is 15.6. The Morgan fingerprint density at radius 2 is 1.88 bits per heavy atom. The van der Waals surface area contributed by atoms with Crippen molar-refractivity contribution in [1.82, 2.24) is 4.98 Å². The molecule has 7 nitrogen and oxygen atoms in total. The van der Waals surface area contributed by atoms with Gasteiger partial charge in [0.25, 0.3) is 0 Å². The van der Waals surface area contributed by atoms with Gasteiger partial charge in [0.15, 0.2) is 5.13 Å². The highest BCUT2D eigenvalue weighted by Gasteiger charge is 2.17. The van der Waals surface area contributed by atoms with Crippen molar-refractivity contribution in [2.24, 2.45) is 0 Å². The van der Waals surface area contributed by atoms with Crippen LogP contribution in [-0.2, 0) is 9.59 Å². The lowest BCUT2D eigenvalue weighted by Crippen LogP contribution is -2.32. The van der Waals surface area contributed by atoms with Crippen LogP contribution in [0.5, 0.6) is 5.75 Å². The van der Waals surface area contributed by atoms with Crippen LogP contribution in [0.4, 0.5) is 10.8 Å². The number of para-hydroxylation sites is 2. The highest BCUT2D eigenvalue weighted by Crippen LogP contribution is 2.32. The first-order valence-corrected chi connectivity index (χ1v) is 11.2. The number of nitriles is 1. The zero-order valence-corrected chi connectivity index (χ0v) is 18.6. The van der Waals surface area contributed by atoms with E-state index in [1.807, 2.05) is 66.9 Å². The third-order valence-corrected chi connectivity index (χ3v) is 5.35. The number of nitrogens with zero attached hydrogens (tertiary/aromatic N) is 3. The van der Waals surface area contributed by atoms with Crippen molar-refractivity contribution in [1.29, 1.82) is 5.26 Å². The Balaban J connectivity index is 1.59. The van der Waals surface area contributed by atoms with Crippen molar-refractivity contribution in [2.75, 3.05) is 23.4 Å². The summed E-state index contributed by atoms with van der Waals surface area (Å²) in [6.07, 6.45) is 0.286. The van der Waals surface area contributed by atoms with E-state index in [-0.39, 0.29) is 37.6 Å².